The van der Waals surface area contributed by atoms with Crippen molar-refractivity contribution >= 4 is 47.5 Å². The SMILES string of the molecule is CN[C@@H](C)C(=O)N[C@H]1CN(C(=O)NCCCCCCNC(=O)N2CC[C@H]3CC[C@@H](C(=O)N[C@@H]4CCC[C@H]4c4ccccc4)N3C(=O)[C@@H](NC(=O)[C@H](C)NC)C2)CC[C@H]2CC[C@@H](C(=O)N[C@@H]3CCC[C@H]3c3ccccc3)N2C1=O. The maximum absolute atomic E-state index is 14.5. The molecule has 2 aromatic rings. The fourth-order valence-electron chi connectivity index (χ4n) is 12.9. The minimum atomic E-state index is -1.04. The number of unbranched alkanes of at least 4 members (excludes halogenated alkanes) is 3. The Labute approximate surface area is 460 Å². The molecule has 0 bridgehead atoms. The van der Waals surface area contributed by atoms with E-state index in [0.717, 1.165) is 51.4 Å². The number of nitrogens with zero attached hydrogens (tertiary/aromatic N) is 4. The highest BCUT2D eigenvalue weighted by atomic mass is 16.2. The summed E-state index contributed by atoms with van der Waals surface area (Å²) in [6.07, 6.45) is 11.9. The van der Waals surface area contributed by atoms with Crippen molar-refractivity contribution in [3.05, 3.63) is 71.8 Å². The van der Waals surface area contributed by atoms with E-state index in [4.69, 9.17) is 0 Å². The highest BCUT2D eigenvalue weighted by Crippen LogP contribution is 2.38. The third-order valence-corrected chi connectivity index (χ3v) is 17.6. The van der Waals surface area contributed by atoms with E-state index in [0.29, 0.717) is 77.5 Å². The second-order valence-electron chi connectivity index (χ2n) is 22.6. The molecule has 426 valence electrons. The maximum atomic E-state index is 14.5. The number of benzene rings is 2. The molecule has 2 aromatic carbocycles. The molecule has 10 amide bonds. The normalized spacial score (nSPS) is 28.0. The Morgan fingerprint density at radius 2 is 0.897 bits per heavy atom. The summed E-state index contributed by atoms with van der Waals surface area (Å²) in [4.78, 5) is 118. The van der Waals surface area contributed by atoms with Crippen LogP contribution in [0, 0.1) is 0 Å². The summed E-state index contributed by atoms with van der Waals surface area (Å²) in [6, 6.07) is 14.6. The summed E-state index contributed by atoms with van der Waals surface area (Å²) in [6.45, 7) is 4.80. The molecule has 20 heteroatoms. The summed E-state index contributed by atoms with van der Waals surface area (Å²) < 4.78 is 0. The van der Waals surface area contributed by atoms with Crippen molar-refractivity contribution in [2.24, 2.45) is 0 Å². The minimum Gasteiger partial charge on any atom is -0.351 e. The molecule has 6 aliphatic rings. The van der Waals surface area contributed by atoms with Gasteiger partial charge in [0.25, 0.3) is 0 Å². The molecule has 20 nitrogen and oxygen atoms in total. The molecule has 8 rings (SSSR count). The summed E-state index contributed by atoms with van der Waals surface area (Å²) in [5.74, 6) is -1.39. The summed E-state index contributed by atoms with van der Waals surface area (Å²) in [7, 11) is 3.32. The molecular weight excluding hydrogens is 993 g/mol. The van der Waals surface area contributed by atoms with Gasteiger partial charge in [0.1, 0.15) is 24.2 Å². The molecule has 0 spiro atoms. The molecule has 4 saturated heterocycles. The Kier molecular flexibility index (Phi) is 20.4. The van der Waals surface area contributed by atoms with Crippen molar-refractivity contribution in [2.45, 2.75) is 189 Å². The Morgan fingerprint density at radius 3 is 1.28 bits per heavy atom. The van der Waals surface area contributed by atoms with Gasteiger partial charge in [-0.1, -0.05) is 86.3 Å². The zero-order valence-electron chi connectivity index (χ0n) is 46.3. The number of carbonyl (C=O) groups is 8. The summed E-state index contributed by atoms with van der Waals surface area (Å²) >= 11 is 0. The fourth-order valence-corrected chi connectivity index (χ4v) is 12.9. The number of amides is 10. The summed E-state index contributed by atoms with van der Waals surface area (Å²) in [5, 5.41) is 24.3. The van der Waals surface area contributed by atoms with Gasteiger partial charge < -0.3 is 62.1 Å². The van der Waals surface area contributed by atoms with Crippen molar-refractivity contribution in [3.8, 4) is 0 Å². The minimum absolute atomic E-state index is 0.0270. The van der Waals surface area contributed by atoms with Crippen molar-refractivity contribution in [1.82, 2.24) is 62.1 Å². The maximum Gasteiger partial charge on any atom is 0.317 e. The van der Waals surface area contributed by atoms with Gasteiger partial charge in [-0.05, 0) is 116 Å². The van der Waals surface area contributed by atoms with Gasteiger partial charge in [0.2, 0.25) is 35.4 Å². The van der Waals surface area contributed by atoms with Gasteiger partial charge >= 0.3 is 12.1 Å². The standard InChI is InChI=1S/C58H86N12O8/c1-37(59-3)51(71)65-47-35-67(33-29-41-25-27-49(69(41)55(47)75)53(73)63-45-23-15-21-43(45)39-17-9-7-10-18-39)57(77)61-31-13-5-6-14-32-62-58(78)68-34-30-42-26-28-50(70(42)56(76)48(36-68)66-52(72)38(2)60-4)54(74)64-46-24-16-22-44(46)40-19-11-8-12-20-40/h7-12,17-20,37-38,41-50,59-60H,5-6,13-16,21-36H2,1-4H3,(H,61,77)(H,62,78)(H,63,73)(H,64,74)(H,65,71)(H,66,72)/t37-,38-,41+,42+,43-,44-,45+,46+,47-,48-,49-,50-/m0/s1. The van der Waals surface area contributed by atoms with Crippen LogP contribution in [0.3, 0.4) is 0 Å². The first-order valence-electron chi connectivity index (χ1n) is 29.1. The van der Waals surface area contributed by atoms with E-state index in [1.54, 1.807) is 47.5 Å². The number of hydrogen-bond donors (Lipinski definition) is 8. The molecule has 8 N–H and O–H groups in total. The number of nitrogens with one attached hydrogen (secondary N) is 8. The monoisotopic (exact) mass is 1080 g/mol. The van der Waals surface area contributed by atoms with E-state index in [9.17, 15) is 38.4 Å². The number of hydrogen-bond acceptors (Lipinski definition) is 10. The van der Waals surface area contributed by atoms with Gasteiger partial charge in [0.15, 0.2) is 0 Å². The molecule has 4 aliphatic heterocycles. The molecule has 0 unspecified atom stereocenters. The molecule has 0 aromatic heterocycles. The van der Waals surface area contributed by atoms with Crippen molar-refractivity contribution in [1.29, 1.82) is 0 Å². The predicted molar refractivity (Wildman–Crippen MR) is 296 cm³/mol. The number of urea groups is 2. The van der Waals surface area contributed by atoms with Gasteiger partial charge in [-0.2, -0.15) is 0 Å². The largest absolute Gasteiger partial charge is 0.351 e. The Bertz CT molecular complexity index is 2240. The molecule has 2 saturated carbocycles. The first-order valence-corrected chi connectivity index (χ1v) is 29.1. The summed E-state index contributed by atoms with van der Waals surface area (Å²) in [5.41, 5.74) is 2.40. The van der Waals surface area contributed by atoms with Crippen LogP contribution < -0.4 is 42.5 Å². The van der Waals surface area contributed by atoms with Crippen LogP contribution in [0.2, 0.25) is 0 Å². The van der Waals surface area contributed by atoms with E-state index in [2.05, 4.69) is 66.8 Å². The zero-order chi connectivity index (χ0) is 55.3. The second-order valence-corrected chi connectivity index (χ2v) is 22.6. The van der Waals surface area contributed by atoms with E-state index >= 15 is 0 Å². The van der Waals surface area contributed by atoms with Crippen LogP contribution in [0.4, 0.5) is 9.59 Å². The molecule has 6 fully saturated rings. The van der Waals surface area contributed by atoms with E-state index in [1.807, 2.05) is 36.4 Å². The average molecular weight is 1080 g/mol. The van der Waals surface area contributed by atoms with Gasteiger partial charge in [0, 0.05) is 62.2 Å². The van der Waals surface area contributed by atoms with Crippen molar-refractivity contribution < 1.29 is 38.4 Å². The number of fused-ring (bicyclic) bond motifs is 2. The first kappa shape index (κ1) is 57.9. The van der Waals surface area contributed by atoms with Crippen LogP contribution in [-0.4, -0.2) is 181 Å². The fraction of sp³-hybridized carbons (Fsp3) is 0.655. The Hall–Kier alpha value is -6.28. The molecule has 0 radical (unpaired) electrons. The van der Waals surface area contributed by atoms with Crippen LogP contribution in [0.25, 0.3) is 0 Å². The van der Waals surface area contributed by atoms with E-state index in [-0.39, 0.29) is 96.6 Å². The van der Waals surface area contributed by atoms with Crippen LogP contribution in [0.15, 0.2) is 60.7 Å². The van der Waals surface area contributed by atoms with Crippen LogP contribution in [0.1, 0.15) is 140 Å². The number of carbonyl (C=O) groups excluding carboxylic acids is 8. The molecular formula is C58H86N12O8. The average Bonchev–Trinajstić information content (AvgIpc) is 4.35. The van der Waals surface area contributed by atoms with E-state index in [1.165, 1.54) is 11.1 Å². The molecule has 78 heavy (non-hydrogen) atoms. The van der Waals surface area contributed by atoms with Crippen molar-refractivity contribution in [3.63, 3.8) is 0 Å². The lowest BCUT2D eigenvalue weighted by Crippen LogP contribution is -2.63. The van der Waals surface area contributed by atoms with Gasteiger partial charge in [-0.25, -0.2) is 9.59 Å². The molecule has 2 aliphatic carbocycles. The third kappa shape index (κ3) is 14.1. The van der Waals surface area contributed by atoms with Crippen LogP contribution >= 0.6 is 0 Å². The van der Waals surface area contributed by atoms with Crippen LogP contribution in [0.5, 0.6) is 0 Å². The molecule has 12 atom stereocenters. The lowest BCUT2D eigenvalue weighted by molar-refractivity contribution is -0.145. The third-order valence-electron chi connectivity index (χ3n) is 17.6. The lowest BCUT2D eigenvalue weighted by Gasteiger charge is -2.39. The number of likely N-dealkylation sites (N-methyl/N-ethyl adjacent to an activating group) is 2. The highest BCUT2D eigenvalue weighted by Gasteiger charge is 2.48. The van der Waals surface area contributed by atoms with Crippen molar-refractivity contribution in [2.75, 3.05) is 53.4 Å². The number of rotatable bonds is 19. The first-order chi connectivity index (χ1) is 37.8. The predicted octanol–water partition coefficient (Wildman–Crippen LogP) is 3.19. The topological polar surface area (TPSA) is 246 Å². The zero-order valence-corrected chi connectivity index (χ0v) is 46.3. The molecule has 4 heterocycles. The Morgan fingerprint density at radius 1 is 0.500 bits per heavy atom. The quantitative estimate of drug-likeness (QED) is 0.0956. The Balaban J connectivity index is 0.793. The highest BCUT2D eigenvalue weighted by molar-refractivity contribution is 5.96. The van der Waals surface area contributed by atoms with Gasteiger partial charge in [-0.15, -0.1) is 0 Å². The second kappa shape index (κ2) is 27.5. The lowest BCUT2D eigenvalue weighted by atomic mass is 9.94. The smallest absolute Gasteiger partial charge is 0.317 e. The van der Waals surface area contributed by atoms with Gasteiger partial charge in [0.05, 0.1) is 25.2 Å². The van der Waals surface area contributed by atoms with Gasteiger partial charge in [-0.3, -0.25) is 28.8 Å². The van der Waals surface area contributed by atoms with Crippen LogP contribution in [-0.2, 0) is 28.8 Å². The van der Waals surface area contributed by atoms with E-state index < -0.39 is 36.3 Å².